The molecule has 6 heteroatoms. The quantitative estimate of drug-likeness (QED) is 0.457. The Morgan fingerprint density at radius 2 is 2.00 bits per heavy atom. The van der Waals surface area contributed by atoms with Gasteiger partial charge in [-0.05, 0) is 12.1 Å². The van der Waals surface area contributed by atoms with E-state index in [-0.39, 0.29) is 18.0 Å². The number of rotatable bonds is 4. The number of Topliss-reactive ketones (excluding diaryl/α,β-unsaturated/α-hetero) is 1. The van der Waals surface area contributed by atoms with E-state index in [1.165, 1.54) is 24.3 Å². The topological polar surface area (TPSA) is 66.7 Å². The van der Waals surface area contributed by atoms with Crippen LogP contribution in [0.25, 0.3) is 0 Å². The predicted molar refractivity (Wildman–Crippen MR) is 65.9 cm³/mol. The molecule has 0 radical (unpaired) electrons. The zero-order valence-corrected chi connectivity index (χ0v) is 9.94. The molecular weight excluding hydrogens is 234 g/mol. The second-order valence-corrected chi connectivity index (χ2v) is 4.17. The number of benzene rings is 1. The minimum Gasteiger partial charge on any atom is -0.362 e. The van der Waals surface area contributed by atoms with Crippen molar-refractivity contribution in [2.45, 2.75) is 0 Å². The van der Waals surface area contributed by atoms with Crippen molar-refractivity contribution in [1.82, 2.24) is 9.80 Å². The molecule has 0 spiro atoms. The predicted octanol–water partition coefficient (Wildman–Crippen LogP) is 1.45. The highest BCUT2D eigenvalue weighted by Crippen LogP contribution is 2.13. The van der Waals surface area contributed by atoms with E-state index in [4.69, 9.17) is 0 Å². The number of carbonyl (C=O) groups is 1. The molecule has 6 nitrogen and oxygen atoms in total. The lowest BCUT2D eigenvalue weighted by Crippen LogP contribution is -2.27. The summed E-state index contributed by atoms with van der Waals surface area (Å²) in [6.45, 7) is 0.956. The molecule has 94 valence electrons. The molecule has 0 saturated heterocycles. The molecule has 0 saturated carbocycles. The van der Waals surface area contributed by atoms with Crippen LogP contribution in [0.1, 0.15) is 10.4 Å². The molecule has 0 aromatic heterocycles. The minimum atomic E-state index is -0.480. The molecule has 18 heavy (non-hydrogen) atoms. The lowest BCUT2D eigenvalue weighted by Gasteiger charge is -2.16. The van der Waals surface area contributed by atoms with Crippen LogP contribution in [-0.2, 0) is 0 Å². The van der Waals surface area contributed by atoms with Gasteiger partial charge in [-0.1, -0.05) is 0 Å². The van der Waals surface area contributed by atoms with Gasteiger partial charge in [0, 0.05) is 37.1 Å². The first-order valence-corrected chi connectivity index (χ1v) is 5.46. The van der Waals surface area contributed by atoms with Crippen LogP contribution in [0.15, 0.2) is 36.7 Å². The molecule has 0 N–H and O–H groups in total. The van der Waals surface area contributed by atoms with Crippen molar-refractivity contribution >= 4 is 11.5 Å². The zero-order valence-electron chi connectivity index (χ0n) is 9.94. The van der Waals surface area contributed by atoms with Crippen molar-refractivity contribution in [1.29, 1.82) is 0 Å². The number of hydrogen-bond acceptors (Lipinski definition) is 5. The molecule has 0 amide bonds. The van der Waals surface area contributed by atoms with E-state index in [1.807, 2.05) is 29.2 Å². The summed E-state index contributed by atoms with van der Waals surface area (Å²) in [5.41, 5.74) is 0.482. The third-order valence-electron chi connectivity index (χ3n) is 2.68. The molecule has 0 fully saturated rings. The van der Waals surface area contributed by atoms with Crippen LogP contribution < -0.4 is 0 Å². The maximum atomic E-state index is 11.9. The minimum absolute atomic E-state index is 0.00708. The van der Waals surface area contributed by atoms with Crippen LogP contribution in [-0.4, -0.2) is 40.8 Å². The van der Waals surface area contributed by atoms with E-state index in [2.05, 4.69) is 0 Å². The van der Waals surface area contributed by atoms with Crippen molar-refractivity contribution in [3.8, 4) is 0 Å². The van der Waals surface area contributed by atoms with Gasteiger partial charge in [0.1, 0.15) is 0 Å². The third kappa shape index (κ3) is 2.65. The zero-order chi connectivity index (χ0) is 13.1. The standard InChI is InChI=1S/C12H13N3O3/c1-13-6-7-14(9-13)8-12(16)10-2-4-11(5-3-10)15(17)18/h2-7H,8-9H2,1H3. The van der Waals surface area contributed by atoms with Gasteiger partial charge < -0.3 is 9.80 Å². The van der Waals surface area contributed by atoms with Crippen molar-refractivity contribution in [2.24, 2.45) is 0 Å². The summed E-state index contributed by atoms with van der Waals surface area (Å²) in [4.78, 5) is 25.8. The summed E-state index contributed by atoms with van der Waals surface area (Å²) >= 11 is 0. The normalized spacial score (nSPS) is 14.1. The maximum Gasteiger partial charge on any atom is 0.269 e. The summed E-state index contributed by atoms with van der Waals surface area (Å²) < 4.78 is 0. The fourth-order valence-electron chi connectivity index (χ4n) is 1.74. The monoisotopic (exact) mass is 247 g/mol. The van der Waals surface area contributed by atoms with Crippen molar-refractivity contribution in [2.75, 3.05) is 20.3 Å². The molecule has 1 aliphatic rings. The SMILES string of the molecule is CN1C=CN(CC(=O)c2ccc([N+](=O)[O-])cc2)C1. The van der Waals surface area contributed by atoms with Crippen LogP contribution in [0.5, 0.6) is 0 Å². The van der Waals surface area contributed by atoms with Crippen LogP contribution in [0.2, 0.25) is 0 Å². The van der Waals surface area contributed by atoms with Gasteiger partial charge in [-0.2, -0.15) is 0 Å². The average molecular weight is 247 g/mol. The molecule has 1 aliphatic heterocycles. The summed E-state index contributed by atoms with van der Waals surface area (Å²) in [7, 11) is 1.92. The Kier molecular flexibility index (Phi) is 3.27. The number of carbonyl (C=O) groups excluding carboxylic acids is 1. The number of nitro groups is 1. The van der Waals surface area contributed by atoms with Crippen LogP contribution in [0, 0.1) is 10.1 Å². The Morgan fingerprint density at radius 1 is 1.33 bits per heavy atom. The highest BCUT2D eigenvalue weighted by molar-refractivity contribution is 5.97. The summed E-state index contributed by atoms with van der Waals surface area (Å²) in [6, 6.07) is 5.67. The number of ketones is 1. The fourth-order valence-corrected chi connectivity index (χ4v) is 1.74. The number of nitro benzene ring substituents is 1. The largest absolute Gasteiger partial charge is 0.362 e. The smallest absolute Gasteiger partial charge is 0.269 e. The highest BCUT2D eigenvalue weighted by Gasteiger charge is 2.15. The number of non-ortho nitro benzene ring substituents is 1. The van der Waals surface area contributed by atoms with Gasteiger partial charge in [0.15, 0.2) is 5.78 Å². The first-order chi connectivity index (χ1) is 8.56. The Balaban J connectivity index is 2.01. The van der Waals surface area contributed by atoms with Gasteiger partial charge in [0.25, 0.3) is 5.69 Å². The Labute approximate surface area is 104 Å². The molecule has 1 heterocycles. The second kappa shape index (κ2) is 4.87. The Hall–Kier alpha value is -2.37. The van der Waals surface area contributed by atoms with Crippen LogP contribution >= 0.6 is 0 Å². The van der Waals surface area contributed by atoms with E-state index < -0.39 is 4.92 Å². The molecule has 0 aliphatic carbocycles. The van der Waals surface area contributed by atoms with Crippen molar-refractivity contribution in [3.63, 3.8) is 0 Å². The molecule has 2 rings (SSSR count). The first-order valence-electron chi connectivity index (χ1n) is 5.46. The molecule has 0 atom stereocenters. The van der Waals surface area contributed by atoms with E-state index in [0.717, 1.165) is 0 Å². The summed E-state index contributed by atoms with van der Waals surface area (Å²) in [6.07, 6.45) is 3.74. The van der Waals surface area contributed by atoms with Gasteiger partial charge in [0.05, 0.1) is 18.1 Å². The van der Waals surface area contributed by atoms with Gasteiger partial charge in [-0.25, -0.2) is 0 Å². The summed E-state index contributed by atoms with van der Waals surface area (Å²) in [5, 5.41) is 10.5. The second-order valence-electron chi connectivity index (χ2n) is 4.17. The molecule has 1 aromatic rings. The first kappa shape index (κ1) is 12.1. The van der Waals surface area contributed by atoms with Gasteiger partial charge in [-0.15, -0.1) is 0 Å². The lowest BCUT2D eigenvalue weighted by atomic mass is 10.1. The van der Waals surface area contributed by atoms with E-state index in [1.54, 1.807) is 0 Å². The van der Waals surface area contributed by atoms with Gasteiger partial charge in [0.2, 0.25) is 0 Å². The van der Waals surface area contributed by atoms with Crippen molar-refractivity contribution < 1.29 is 9.72 Å². The van der Waals surface area contributed by atoms with Crippen LogP contribution in [0.4, 0.5) is 5.69 Å². The lowest BCUT2D eigenvalue weighted by molar-refractivity contribution is -0.384. The Bertz CT molecular complexity index is 496. The number of nitrogens with zero attached hydrogens (tertiary/aromatic N) is 3. The van der Waals surface area contributed by atoms with Crippen LogP contribution in [0.3, 0.4) is 0 Å². The van der Waals surface area contributed by atoms with Crippen molar-refractivity contribution in [3.05, 3.63) is 52.3 Å². The van der Waals surface area contributed by atoms with Gasteiger partial charge >= 0.3 is 0 Å². The third-order valence-corrected chi connectivity index (χ3v) is 2.68. The van der Waals surface area contributed by atoms with E-state index >= 15 is 0 Å². The average Bonchev–Trinajstić information content (AvgIpc) is 2.75. The van der Waals surface area contributed by atoms with E-state index in [9.17, 15) is 14.9 Å². The molecule has 0 unspecified atom stereocenters. The highest BCUT2D eigenvalue weighted by atomic mass is 16.6. The van der Waals surface area contributed by atoms with E-state index in [0.29, 0.717) is 12.2 Å². The summed E-state index contributed by atoms with van der Waals surface area (Å²) in [5.74, 6) is -0.0511. The molecule has 0 bridgehead atoms. The van der Waals surface area contributed by atoms with Gasteiger partial charge in [-0.3, -0.25) is 14.9 Å². The fraction of sp³-hybridized carbons (Fsp3) is 0.250. The number of hydrogen-bond donors (Lipinski definition) is 0. The molecule has 1 aromatic carbocycles. The maximum absolute atomic E-state index is 11.9. The molecular formula is C12H13N3O3. The Morgan fingerprint density at radius 3 is 2.50 bits per heavy atom.